The van der Waals surface area contributed by atoms with Gasteiger partial charge in [-0.15, -0.1) is 0 Å². The molecule has 0 aliphatic carbocycles. The molecule has 0 fully saturated rings. The number of nitrogens with zero attached hydrogens (tertiary/aromatic N) is 2. The normalized spacial score (nSPS) is 12.6. The van der Waals surface area contributed by atoms with E-state index in [1.54, 1.807) is 6.20 Å². The van der Waals surface area contributed by atoms with E-state index in [1.165, 1.54) is 0 Å². The first kappa shape index (κ1) is 14.5. The van der Waals surface area contributed by atoms with Crippen LogP contribution in [-0.2, 0) is 17.9 Å². The molecule has 1 unspecified atom stereocenters. The number of hydrogen-bond acceptors (Lipinski definition) is 3. The first-order valence-electron chi connectivity index (χ1n) is 7.07. The van der Waals surface area contributed by atoms with Crippen molar-refractivity contribution in [3.63, 3.8) is 0 Å². The minimum absolute atomic E-state index is 0.0112. The van der Waals surface area contributed by atoms with Gasteiger partial charge in [0.15, 0.2) is 0 Å². The van der Waals surface area contributed by atoms with Crippen LogP contribution in [-0.4, -0.2) is 21.5 Å². The molecule has 2 aromatic rings. The average molecular weight is 274 g/mol. The van der Waals surface area contributed by atoms with E-state index in [0.717, 1.165) is 29.4 Å². The molecule has 0 bridgehead atoms. The van der Waals surface area contributed by atoms with Crippen molar-refractivity contribution in [2.24, 2.45) is 5.73 Å². The second-order valence-electron chi connectivity index (χ2n) is 5.12. The molecule has 0 spiro atoms. The molecule has 2 rings (SSSR count). The van der Waals surface area contributed by atoms with Crippen molar-refractivity contribution in [1.29, 1.82) is 0 Å². The van der Waals surface area contributed by atoms with Gasteiger partial charge in [-0.3, -0.25) is 4.79 Å². The third-order valence-corrected chi connectivity index (χ3v) is 3.38. The van der Waals surface area contributed by atoms with Gasteiger partial charge in [-0.2, -0.15) is 0 Å². The summed E-state index contributed by atoms with van der Waals surface area (Å²) in [6.07, 6.45) is 5.70. The highest BCUT2D eigenvalue weighted by molar-refractivity contribution is 5.83. The lowest BCUT2D eigenvalue weighted by Crippen LogP contribution is -2.34. The summed E-state index contributed by atoms with van der Waals surface area (Å²) >= 11 is 0. The summed E-state index contributed by atoms with van der Waals surface area (Å²) in [5.74, 6) is 0.0112. The van der Waals surface area contributed by atoms with Gasteiger partial charge in [0.1, 0.15) is 12.2 Å². The lowest BCUT2D eigenvalue weighted by atomic mass is 10.2. The Balaban J connectivity index is 2.15. The van der Waals surface area contributed by atoms with Crippen molar-refractivity contribution in [2.45, 2.75) is 45.8 Å². The molecule has 0 saturated heterocycles. The highest BCUT2D eigenvalue weighted by atomic mass is 16.2. The van der Waals surface area contributed by atoms with E-state index in [9.17, 15) is 4.79 Å². The van der Waals surface area contributed by atoms with Crippen molar-refractivity contribution in [3.8, 4) is 0 Å². The number of rotatable bonds is 6. The predicted molar refractivity (Wildman–Crippen MR) is 80.1 cm³/mol. The van der Waals surface area contributed by atoms with Gasteiger partial charge in [-0.25, -0.2) is 4.98 Å². The quantitative estimate of drug-likeness (QED) is 0.843. The van der Waals surface area contributed by atoms with E-state index in [1.807, 2.05) is 29.8 Å². The van der Waals surface area contributed by atoms with Gasteiger partial charge in [0.05, 0.1) is 0 Å². The van der Waals surface area contributed by atoms with Gasteiger partial charge in [0, 0.05) is 30.4 Å². The lowest BCUT2D eigenvalue weighted by Gasteiger charge is -2.13. The molecule has 5 nitrogen and oxygen atoms in total. The maximum absolute atomic E-state index is 12.0. The standard InChI is InChI=1S/C15H22N4O/c1-3-5-11(2)18-14(20)10-19-9-12(8-16)13-6-4-7-17-15(13)19/h4,6-7,9,11H,3,5,8,10,16H2,1-2H3,(H,18,20). The van der Waals surface area contributed by atoms with Crippen molar-refractivity contribution in [2.75, 3.05) is 0 Å². The molecule has 0 radical (unpaired) electrons. The fraction of sp³-hybridized carbons (Fsp3) is 0.467. The van der Waals surface area contributed by atoms with Crippen LogP contribution in [0, 0.1) is 0 Å². The minimum atomic E-state index is 0.0112. The van der Waals surface area contributed by atoms with Crippen LogP contribution in [0.15, 0.2) is 24.5 Å². The number of pyridine rings is 1. The third kappa shape index (κ3) is 3.17. The number of carbonyl (C=O) groups excluding carboxylic acids is 1. The summed E-state index contributed by atoms with van der Waals surface area (Å²) in [5.41, 5.74) is 7.57. The molecule has 108 valence electrons. The Bertz CT molecular complexity index is 591. The van der Waals surface area contributed by atoms with Crippen LogP contribution in [0.25, 0.3) is 11.0 Å². The van der Waals surface area contributed by atoms with Crippen molar-refractivity contribution >= 4 is 16.9 Å². The largest absolute Gasteiger partial charge is 0.352 e. The predicted octanol–water partition coefficient (Wildman–Crippen LogP) is 1.80. The van der Waals surface area contributed by atoms with Crippen molar-refractivity contribution in [3.05, 3.63) is 30.1 Å². The summed E-state index contributed by atoms with van der Waals surface area (Å²) in [6.45, 7) is 4.86. The fourth-order valence-corrected chi connectivity index (χ4v) is 2.46. The molecule has 0 aromatic carbocycles. The maximum atomic E-state index is 12.0. The van der Waals surface area contributed by atoms with Crippen LogP contribution >= 0.6 is 0 Å². The molecule has 0 aliphatic rings. The maximum Gasteiger partial charge on any atom is 0.240 e. The number of carbonyl (C=O) groups is 1. The minimum Gasteiger partial charge on any atom is -0.352 e. The Morgan fingerprint density at radius 1 is 1.55 bits per heavy atom. The van der Waals surface area contributed by atoms with Gasteiger partial charge >= 0.3 is 0 Å². The van der Waals surface area contributed by atoms with E-state index in [-0.39, 0.29) is 18.5 Å². The molecule has 1 amide bonds. The van der Waals surface area contributed by atoms with E-state index in [4.69, 9.17) is 5.73 Å². The number of amides is 1. The van der Waals surface area contributed by atoms with Crippen LogP contribution in [0.1, 0.15) is 32.3 Å². The Morgan fingerprint density at radius 3 is 3.05 bits per heavy atom. The Kier molecular flexibility index (Phi) is 4.74. The van der Waals surface area contributed by atoms with Crippen molar-refractivity contribution < 1.29 is 4.79 Å². The lowest BCUT2D eigenvalue weighted by molar-refractivity contribution is -0.122. The van der Waals surface area contributed by atoms with Gasteiger partial charge in [0.2, 0.25) is 5.91 Å². The summed E-state index contributed by atoms with van der Waals surface area (Å²) in [7, 11) is 0. The number of nitrogens with two attached hydrogens (primary N) is 1. The molecule has 2 heterocycles. The molecule has 0 saturated carbocycles. The first-order valence-corrected chi connectivity index (χ1v) is 7.07. The molecule has 20 heavy (non-hydrogen) atoms. The van der Waals surface area contributed by atoms with Crippen LogP contribution in [0.4, 0.5) is 0 Å². The van der Waals surface area contributed by atoms with Crippen LogP contribution in [0.2, 0.25) is 0 Å². The third-order valence-electron chi connectivity index (χ3n) is 3.38. The molecule has 0 aliphatic heterocycles. The van der Waals surface area contributed by atoms with Gasteiger partial charge in [0.25, 0.3) is 0 Å². The molecular formula is C15H22N4O. The van der Waals surface area contributed by atoms with Crippen molar-refractivity contribution in [1.82, 2.24) is 14.9 Å². The van der Waals surface area contributed by atoms with E-state index < -0.39 is 0 Å². The zero-order chi connectivity index (χ0) is 14.5. The van der Waals surface area contributed by atoms with E-state index in [2.05, 4.69) is 17.2 Å². The summed E-state index contributed by atoms with van der Waals surface area (Å²) in [6, 6.07) is 4.07. The second kappa shape index (κ2) is 6.52. The number of aromatic nitrogens is 2. The highest BCUT2D eigenvalue weighted by Crippen LogP contribution is 2.18. The van der Waals surface area contributed by atoms with Gasteiger partial charge in [-0.1, -0.05) is 13.3 Å². The number of hydrogen-bond donors (Lipinski definition) is 2. The second-order valence-corrected chi connectivity index (χ2v) is 5.12. The zero-order valence-corrected chi connectivity index (χ0v) is 12.1. The Morgan fingerprint density at radius 2 is 2.35 bits per heavy atom. The molecule has 2 aromatic heterocycles. The molecule has 3 N–H and O–H groups in total. The highest BCUT2D eigenvalue weighted by Gasteiger charge is 2.12. The molecule has 1 atom stereocenters. The number of nitrogens with one attached hydrogen (secondary N) is 1. The fourth-order valence-electron chi connectivity index (χ4n) is 2.46. The molecular weight excluding hydrogens is 252 g/mol. The first-order chi connectivity index (χ1) is 9.65. The summed E-state index contributed by atoms with van der Waals surface area (Å²) in [4.78, 5) is 16.4. The topological polar surface area (TPSA) is 72.9 Å². The number of fused-ring (bicyclic) bond motifs is 1. The van der Waals surface area contributed by atoms with E-state index >= 15 is 0 Å². The summed E-state index contributed by atoms with van der Waals surface area (Å²) in [5, 5.41) is 4.02. The summed E-state index contributed by atoms with van der Waals surface area (Å²) < 4.78 is 1.87. The Hall–Kier alpha value is -1.88. The zero-order valence-electron chi connectivity index (χ0n) is 12.1. The van der Waals surface area contributed by atoms with Gasteiger partial charge < -0.3 is 15.6 Å². The van der Waals surface area contributed by atoms with Crippen LogP contribution in [0.5, 0.6) is 0 Å². The smallest absolute Gasteiger partial charge is 0.240 e. The molecule has 5 heteroatoms. The Labute approximate surface area is 119 Å². The van der Waals surface area contributed by atoms with E-state index in [0.29, 0.717) is 6.54 Å². The van der Waals surface area contributed by atoms with Crippen LogP contribution in [0.3, 0.4) is 0 Å². The monoisotopic (exact) mass is 274 g/mol. The van der Waals surface area contributed by atoms with Crippen LogP contribution < -0.4 is 11.1 Å². The average Bonchev–Trinajstić information content (AvgIpc) is 2.77. The SMILES string of the molecule is CCCC(C)NC(=O)Cn1cc(CN)c2cccnc21. The van der Waals surface area contributed by atoms with Gasteiger partial charge in [-0.05, 0) is 31.0 Å².